The van der Waals surface area contributed by atoms with Gasteiger partial charge in [-0.05, 0) is 50.4 Å². The molecule has 1 aliphatic rings. The SMILES string of the molecule is CCc1ccsc1C(=O)N1CCC(N(C)C)CC1. The molecule has 0 radical (unpaired) electrons. The molecule has 0 unspecified atom stereocenters. The molecule has 0 saturated carbocycles. The molecule has 1 saturated heterocycles. The summed E-state index contributed by atoms with van der Waals surface area (Å²) < 4.78 is 0. The van der Waals surface area contributed by atoms with Crippen molar-refractivity contribution in [3.05, 3.63) is 21.9 Å². The molecule has 100 valence electrons. The van der Waals surface area contributed by atoms with Crippen molar-refractivity contribution in [2.24, 2.45) is 0 Å². The maximum absolute atomic E-state index is 12.4. The van der Waals surface area contributed by atoms with Crippen molar-refractivity contribution in [3.63, 3.8) is 0 Å². The van der Waals surface area contributed by atoms with Crippen LogP contribution >= 0.6 is 11.3 Å². The highest BCUT2D eigenvalue weighted by Crippen LogP contribution is 2.22. The number of hydrogen-bond acceptors (Lipinski definition) is 3. The number of carbonyl (C=O) groups is 1. The third-order valence-electron chi connectivity index (χ3n) is 3.80. The minimum Gasteiger partial charge on any atom is -0.338 e. The molecule has 1 aromatic rings. The van der Waals surface area contributed by atoms with E-state index in [1.54, 1.807) is 11.3 Å². The van der Waals surface area contributed by atoms with Gasteiger partial charge < -0.3 is 9.80 Å². The van der Waals surface area contributed by atoms with Gasteiger partial charge in [0.05, 0.1) is 4.88 Å². The fraction of sp³-hybridized carbons (Fsp3) is 0.643. The van der Waals surface area contributed by atoms with Crippen LogP contribution in [0, 0.1) is 0 Å². The number of nitrogens with zero attached hydrogens (tertiary/aromatic N) is 2. The Morgan fingerprint density at radius 1 is 1.44 bits per heavy atom. The predicted molar refractivity (Wildman–Crippen MR) is 76.3 cm³/mol. The molecule has 3 nitrogen and oxygen atoms in total. The molecule has 0 N–H and O–H groups in total. The molecule has 1 fully saturated rings. The van der Waals surface area contributed by atoms with E-state index in [1.807, 2.05) is 10.3 Å². The van der Waals surface area contributed by atoms with Crippen molar-refractivity contribution < 1.29 is 4.79 Å². The van der Waals surface area contributed by atoms with Gasteiger partial charge in [-0.1, -0.05) is 6.92 Å². The quantitative estimate of drug-likeness (QED) is 0.839. The summed E-state index contributed by atoms with van der Waals surface area (Å²) in [6.07, 6.45) is 3.12. The fourth-order valence-corrected chi connectivity index (χ4v) is 3.49. The zero-order valence-electron chi connectivity index (χ0n) is 11.5. The van der Waals surface area contributed by atoms with Crippen molar-refractivity contribution in [1.82, 2.24) is 9.80 Å². The van der Waals surface area contributed by atoms with Crippen LogP contribution in [0.2, 0.25) is 0 Å². The van der Waals surface area contributed by atoms with Crippen molar-refractivity contribution in [2.75, 3.05) is 27.2 Å². The number of thiophene rings is 1. The smallest absolute Gasteiger partial charge is 0.264 e. The summed E-state index contributed by atoms with van der Waals surface area (Å²) in [6.45, 7) is 3.89. The monoisotopic (exact) mass is 266 g/mol. The third kappa shape index (κ3) is 2.75. The van der Waals surface area contributed by atoms with Crippen LogP contribution in [0.3, 0.4) is 0 Å². The first-order valence-corrected chi connectivity index (χ1v) is 7.53. The largest absolute Gasteiger partial charge is 0.338 e. The second-order valence-corrected chi connectivity index (χ2v) is 6.03. The van der Waals surface area contributed by atoms with Gasteiger partial charge in [-0.25, -0.2) is 0 Å². The van der Waals surface area contributed by atoms with Crippen molar-refractivity contribution in [3.8, 4) is 0 Å². The summed E-state index contributed by atoms with van der Waals surface area (Å²) in [6, 6.07) is 2.70. The molecule has 1 aromatic heterocycles. The Labute approximate surface area is 113 Å². The van der Waals surface area contributed by atoms with Gasteiger partial charge in [-0.15, -0.1) is 11.3 Å². The lowest BCUT2D eigenvalue weighted by atomic mass is 10.0. The summed E-state index contributed by atoms with van der Waals surface area (Å²) in [5, 5.41) is 2.03. The summed E-state index contributed by atoms with van der Waals surface area (Å²) in [5.41, 5.74) is 1.19. The first-order valence-electron chi connectivity index (χ1n) is 6.65. The molecular weight excluding hydrogens is 244 g/mol. The van der Waals surface area contributed by atoms with Crippen LogP contribution in [0.15, 0.2) is 11.4 Å². The maximum Gasteiger partial charge on any atom is 0.264 e. The van der Waals surface area contributed by atoms with Crippen LogP contribution in [0.4, 0.5) is 0 Å². The average molecular weight is 266 g/mol. The molecule has 2 rings (SSSR count). The van der Waals surface area contributed by atoms with E-state index in [9.17, 15) is 4.79 Å². The Morgan fingerprint density at radius 2 is 2.11 bits per heavy atom. The van der Waals surface area contributed by atoms with E-state index in [4.69, 9.17) is 0 Å². The van der Waals surface area contributed by atoms with Crippen molar-refractivity contribution >= 4 is 17.2 Å². The fourth-order valence-electron chi connectivity index (χ4n) is 2.53. The number of carbonyl (C=O) groups excluding carboxylic acids is 1. The summed E-state index contributed by atoms with van der Waals surface area (Å²) in [7, 11) is 4.24. The Bertz CT molecular complexity index is 406. The lowest BCUT2D eigenvalue weighted by Crippen LogP contribution is -2.44. The van der Waals surface area contributed by atoms with Crippen LogP contribution in [-0.4, -0.2) is 48.9 Å². The lowest BCUT2D eigenvalue weighted by Gasteiger charge is -2.35. The third-order valence-corrected chi connectivity index (χ3v) is 4.75. The van der Waals surface area contributed by atoms with E-state index in [-0.39, 0.29) is 5.91 Å². The van der Waals surface area contributed by atoms with Gasteiger partial charge in [0.25, 0.3) is 5.91 Å². The Morgan fingerprint density at radius 3 is 2.67 bits per heavy atom. The van der Waals surface area contributed by atoms with Gasteiger partial charge in [0.2, 0.25) is 0 Å². The number of amides is 1. The van der Waals surface area contributed by atoms with Gasteiger partial charge in [0, 0.05) is 19.1 Å². The van der Waals surface area contributed by atoms with Crippen LogP contribution in [0.25, 0.3) is 0 Å². The number of piperidine rings is 1. The number of hydrogen-bond donors (Lipinski definition) is 0. The molecule has 18 heavy (non-hydrogen) atoms. The molecule has 0 aliphatic carbocycles. The molecule has 0 aromatic carbocycles. The highest BCUT2D eigenvalue weighted by Gasteiger charge is 2.26. The second-order valence-electron chi connectivity index (χ2n) is 5.12. The molecule has 0 spiro atoms. The van der Waals surface area contributed by atoms with Gasteiger partial charge in [-0.3, -0.25) is 4.79 Å². The molecule has 0 bridgehead atoms. The highest BCUT2D eigenvalue weighted by molar-refractivity contribution is 7.12. The Hall–Kier alpha value is -0.870. The first kappa shape index (κ1) is 13.6. The molecular formula is C14H22N2OS. The molecule has 1 aliphatic heterocycles. The predicted octanol–water partition coefficient (Wildman–Crippen LogP) is 2.48. The molecule has 1 amide bonds. The minimum absolute atomic E-state index is 0.235. The van der Waals surface area contributed by atoms with Crippen molar-refractivity contribution in [1.29, 1.82) is 0 Å². The Balaban J connectivity index is 2.00. The normalized spacial score (nSPS) is 17.4. The first-order chi connectivity index (χ1) is 8.63. The maximum atomic E-state index is 12.4. The van der Waals surface area contributed by atoms with E-state index < -0.39 is 0 Å². The van der Waals surface area contributed by atoms with Crippen LogP contribution < -0.4 is 0 Å². The van der Waals surface area contributed by atoms with Crippen LogP contribution in [-0.2, 0) is 6.42 Å². The molecule has 4 heteroatoms. The van der Waals surface area contributed by atoms with E-state index in [2.05, 4.69) is 32.0 Å². The van der Waals surface area contributed by atoms with E-state index in [0.29, 0.717) is 6.04 Å². The number of likely N-dealkylation sites (tertiary alicyclic amines) is 1. The van der Waals surface area contributed by atoms with Gasteiger partial charge in [-0.2, -0.15) is 0 Å². The average Bonchev–Trinajstić information content (AvgIpc) is 2.86. The zero-order valence-corrected chi connectivity index (χ0v) is 12.3. The standard InChI is InChI=1S/C14H22N2OS/c1-4-11-7-10-18-13(11)14(17)16-8-5-12(6-9-16)15(2)3/h7,10,12H,4-6,8-9H2,1-3H3. The topological polar surface area (TPSA) is 23.6 Å². The van der Waals surface area contributed by atoms with E-state index in [1.165, 1.54) is 5.56 Å². The van der Waals surface area contributed by atoms with Crippen LogP contribution in [0.5, 0.6) is 0 Å². The highest BCUT2D eigenvalue weighted by atomic mass is 32.1. The Kier molecular flexibility index (Phi) is 4.40. The van der Waals surface area contributed by atoms with Gasteiger partial charge >= 0.3 is 0 Å². The number of aryl methyl sites for hydroxylation is 1. The summed E-state index contributed by atoms with van der Waals surface area (Å²) in [4.78, 5) is 17.7. The van der Waals surface area contributed by atoms with E-state index in [0.717, 1.165) is 37.2 Å². The zero-order chi connectivity index (χ0) is 13.1. The van der Waals surface area contributed by atoms with Gasteiger partial charge in [0.1, 0.15) is 0 Å². The second kappa shape index (κ2) is 5.85. The minimum atomic E-state index is 0.235. The lowest BCUT2D eigenvalue weighted by molar-refractivity contribution is 0.0667. The summed E-state index contributed by atoms with van der Waals surface area (Å²) in [5.74, 6) is 0.235. The van der Waals surface area contributed by atoms with Crippen molar-refractivity contribution in [2.45, 2.75) is 32.2 Å². The molecule has 2 heterocycles. The van der Waals surface area contributed by atoms with Gasteiger partial charge in [0.15, 0.2) is 0 Å². The van der Waals surface area contributed by atoms with Crippen LogP contribution in [0.1, 0.15) is 35.0 Å². The van der Waals surface area contributed by atoms with E-state index >= 15 is 0 Å². The molecule has 0 atom stereocenters. The number of rotatable bonds is 3. The summed E-state index contributed by atoms with van der Waals surface area (Å²) >= 11 is 1.58.